The molecule has 1 saturated heterocycles. The summed E-state index contributed by atoms with van der Waals surface area (Å²) in [5.74, 6) is -1.30. The molecule has 7 heteroatoms. The number of hydrogen-bond donors (Lipinski definition) is 1. The van der Waals surface area contributed by atoms with E-state index >= 15 is 0 Å². The van der Waals surface area contributed by atoms with Crippen molar-refractivity contribution >= 4 is 29.4 Å². The summed E-state index contributed by atoms with van der Waals surface area (Å²) in [6, 6.07) is 6.47. The second-order valence-electron chi connectivity index (χ2n) is 7.69. The van der Waals surface area contributed by atoms with E-state index in [0.717, 1.165) is 38.5 Å². The third kappa shape index (κ3) is 5.02. The van der Waals surface area contributed by atoms with Crippen LogP contribution < -0.4 is 5.32 Å². The number of likely N-dealkylation sites (tertiary alicyclic amines) is 1. The standard InChI is InChI=1S/C22H28N2O5/c1-2-3-14-29-22(28)15-8-10-16(11-9-15)23-19(25)12-13-24-20(26)17-6-4-5-7-18(17)21(24)27/h8-11,17-18H,2-7,12-14H2,1H3,(H,23,25)/t17-,18-/m1/s1. The predicted molar refractivity (Wildman–Crippen MR) is 107 cm³/mol. The zero-order chi connectivity index (χ0) is 20.8. The molecule has 0 unspecified atom stereocenters. The minimum atomic E-state index is -0.385. The fourth-order valence-electron chi connectivity index (χ4n) is 3.97. The molecule has 1 aromatic rings. The molecule has 156 valence electrons. The predicted octanol–water partition coefficient (Wildman–Crippen LogP) is 3.15. The maximum atomic E-state index is 12.4. The molecule has 0 spiro atoms. The largest absolute Gasteiger partial charge is 0.462 e. The molecule has 1 aliphatic heterocycles. The van der Waals surface area contributed by atoms with Crippen molar-refractivity contribution in [2.24, 2.45) is 11.8 Å². The zero-order valence-corrected chi connectivity index (χ0v) is 16.8. The molecule has 2 aliphatic rings. The summed E-state index contributed by atoms with van der Waals surface area (Å²) >= 11 is 0. The van der Waals surface area contributed by atoms with Crippen LogP contribution in [0.2, 0.25) is 0 Å². The van der Waals surface area contributed by atoms with E-state index in [9.17, 15) is 19.2 Å². The summed E-state index contributed by atoms with van der Waals surface area (Å²) in [4.78, 5) is 50.3. The first-order chi connectivity index (χ1) is 14.0. The lowest BCUT2D eigenvalue weighted by molar-refractivity contribution is -0.140. The topological polar surface area (TPSA) is 92.8 Å². The van der Waals surface area contributed by atoms with E-state index in [2.05, 4.69) is 5.32 Å². The van der Waals surface area contributed by atoms with E-state index in [4.69, 9.17) is 4.74 Å². The number of esters is 1. The zero-order valence-electron chi connectivity index (χ0n) is 16.8. The quantitative estimate of drug-likeness (QED) is 0.411. The first kappa shape index (κ1) is 21.0. The van der Waals surface area contributed by atoms with Crippen LogP contribution in [0.15, 0.2) is 24.3 Å². The van der Waals surface area contributed by atoms with E-state index in [0.29, 0.717) is 17.9 Å². The molecule has 1 aromatic carbocycles. The van der Waals surface area contributed by atoms with Gasteiger partial charge < -0.3 is 10.1 Å². The lowest BCUT2D eigenvalue weighted by atomic mass is 9.81. The third-order valence-corrected chi connectivity index (χ3v) is 5.63. The normalized spacial score (nSPS) is 21.1. The van der Waals surface area contributed by atoms with Crippen LogP contribution in [0.25, 0.3) is 0 Å². The molecule has 0 aromatic heterocycles. The number of amides is 3. The first-order valence-electron chi connectivity index (χ1n) is 10.4. The van der Waals surface area contributed by atoms with Crippen molar-refractivity contribution in [3.63, 3.8) is 0 Å². The molecular formula is C22H28N2O5. The Morgan fingerprint density at radius 2 is 1.69 bits per heavy atom. The summed E-state index contributed by atoms with van der Waals surface area (Å²) in [6.45, 7) is 2.52. The minimum Gasteiger partial charge on any atom is -0.462 e. The number of carbonyl (C=O) groups is 4. The summed E-state index contributed by atoms with van der Waals surface area (Å²) < 4.78 is 5.15. The van der Waals surface area contributed by atoms with Gasteiger partial charge in [-0.25, -0.2) is 4.79 Å². The van der Waals surface area contributed by atoms with Gasteiger partial charge in [-0.3, -0.25) is 19.3 Å². The van der Waals surface area contributed by atoms with Crippen molar-refractivity contribution < 1.29 is 23.9 Å². The van der Waals surface area contributed by atoms with Gasteiger partial charge in [0.1, 0.15) is 0 Å². The summed E-state index contributed by atoms with van der Waals surface area (Å²) in [5, 5.41) is 2.74. The van der Waals surface area contributed by atoms with Gasteiger partial charge >= 0.3 is 5.97 Å². The molecule has 7 nitrogen and oxygen atoms in total. The average Bonchev–Trinajstić information content (AvgIpc) is 2.97. The van der Waals surface area contributed by atoms with Gasteiger partial charge in [-0.05, 0) is 43.5 Å². The second kappa shape index (κ2) is 9.67. The van der Waals surface area contributed by atoms with E-state index in [-0.39, 0.29) is 48.5 Å². The van der Waals surface area contributed by atoms with Crippen LogP contribution in [-0.4, -0.2) is 41.7 Å². The van der Waals surface area contributed by atoms with Gasteiger partial charge in [-0.2, -0.15) is 0 Å². The third-order valence-electron chi connectivity index (χ3n) is 5.63. The maximum absolute atomic E-state index is 12.4. The van der Waals surface area contributed by atoms with E-state index < -0.39 is 0 Å². The van der Waals surface area contributed by atoms with Crippen LogP contribution in [0.1, 0.15) is 62.2 Å². The lowest BCUT2D eigenvalue weighted by Gasteiger charge is -2.19. The maximum Gasteiger partial charge on any atom is 0.338 e. The summed E-state index contributed by atoms with van der Waals surface area (Å²) in [6.07, 6.45) is 5.33. The van der Waals surface area contributed by atoms with E-state index in [1.807, 2.05) is 6.92 Å². The number of anilines is 1. The van der Waals surface area contributed by atoms with Crippen molar-refractivity contribution in [1.82, 2.24) is 4.90 Å². The number of unbranched alkanes of at least 4 members (excludes halogenated alkanes) is 1. The lowest BCUT2D eigenvalue weighted by Crippen LogP contribution is -2.34. The van der Waals surface area contributed by atoms with Crippen LogP contribution in [-0.2, 0) is 19.1 Å². The molecule has 2 atom stereocenters. The van der Waals surface area contributed by atoms with Crippen LogP contribution >= 0.6 is 0 Å². The summed E-state index contributed by atoms with van der Waals surface area (Å²) in [5.41, 5.74) is 0.975. The second-order valence-corrected chi connectivity index (χ2v) is 7.69. The monoisotopic (exact) mass is 400 g/mol. The highest BCUT2D eigenvalue weighted by Crippen LogP contribution is 2.37. The van der Waals surface area contributed by atoms with E-state index in [1.165, 1.54) is 4.90 Å². The number of ether oxygens (including phenoxy) is 1. The van der Waals surface area contributed by atoms with Gasteiger partial charge in [0, 0.05) is 18.7 Å². The Balaban J connectivity index is 1.48. The van der Waals surface area contributed by atoms with Gasteiger partial charge in [0.25, 0.3) is 0 Å². The summed E-state index contributed by atoms with van der Waals surface area (Å²) in [7, 11) is 0. The number of rotatable bonds is 8. The molecule has 1 N–H and O–H groups in total. The highest BCUT2D eigenvalue weighted by atomic mass is 16.5. The fourth-order valence-corrected chi connectivity index (χ4v) is 3.97. The molecule has 3 amide bonds. The van der Waals surface area contributed by atoms with Gasteiger partial charge in [-0.1, -0.05) is 26.2 Å². The minimum absolute atomic E-state index is 0.0533. The van der Waals surface area contributed by atoms with Gasteiger partial charge in [0.2, 0.25) is 17.7 Å². The highest BCUT2D eigenvalue weighted by Gasteiger charge is 2.47. The number of benzene rings is 1. The SMILES string of the molecule is CCCCOC(=O)c1ccc(NC(=O)CCN2C(=O)[C@@H]3CCCC[C@H]3C2=O)cc1. The van der Waals surface area contributed by atoms with Crippen LogP contribution in [0, 0.1) is 11.8 Å². The molecular weight excluding hydrogens is 372 g/mol. The molecule has 0 radical (unpaired) electrons. The Hall–Kier alpha value is -2.70. The molecule has 1 aliphatic carbocycles. The number of nitrogens with one attached hydrogen (secondary N) is 1. The Morgan fingerprint density at radius 1 is 1.07 bits per heavy atom. The smallest absolute Gasteiger partial charge is 0.338 e. The highest BCUT2D eigenvalue weighted by molar-refractivity contribution is 6.05. The van der Waals surface area contributed by atoms with Gasteiger partial charge in [-0.15, -0.1) is 0 Å². The Labute approximate surface area is 170 Å². The molecule has 1 saturated carbocycles. The molecule has 3 rings (SSSR count). The van der Waals surface area contributed by atoms with Crippen molar-refractivity contribution in [3.8, 4) is 0 Å². The molecule has 0 bridgehead atoms. The first-order valence-corrected chi connectivity index (χ1v) is 10.4. The van der Waals surface area contributed by atoms with Crippen LogP contribution in [0.5, 0.6) is 0 Å². The van der Waals surface area contributed by atoms with E-state index in [1.54, 1.807) is 24.3 Å². The number of imide groups is 1. The fraction of sp³-hybridized carbons (Fsp3) is 0.545. The Bertz CT molecular complexity index is 750. The Morgan fingerprint density at radius 3 is 2.28 bits per heavy atom. The molecule has 29 heavy (non-hydrogen) atoms. The molecule has 1 heterocycles. The number of hydrogen-bond acceptors (Lipinski definition) is 5. The molecule has 2 fully saturated rings. The van der Waals surface area contributed by atoms with Crippen molar-refractivity contribution in [2.75, 3.05) is 18.5 Å². The number of carbonyl (C=O) groups excluding carboxylic acids is 4. The van der Waals surface area contributed by atoms with Crippen molar-refractivity contribution in [3.05, 3.63) is 29.8 Å². The Kier molecular flexibility index (Phi) is 7.01. The van der Waals surface area contributed by atoms with Crippen LogP contribution in [0.4, 0.5) is 5.69 Å². The van der Waals surface area contributed by atoms with Gasteiger partial charge in [0.05, 0.1) is 24.0 Å². The van der Waals surface area contributed by atoms with Gasteiger partial charge in [0.15, 0.2) is 0 Å². The number of nitrogens with zero attached hydrogens (tertiary/aromatic N) is 1. The van der Waals surface area contributed by atoms with Crippen LogP contribution in [0.3, 0.4) is 0 Å². The number of fused-ring (bicyclic) bond motifs is 1. The van der Waals surface area contributed by atoms with Crippen molar-refractivity contribution in [2.45, 2.75) is 51.9 Å². The average molecular weight is 400 g/mol. The van der Waals surface area contributed by atoms with Crippen molar-refractivity contribution in [1.29, 1.82) is 0 Å².